The van der Waals surface area contributed by atoms with Gasteiger partial charge in [-0.1, -0.05) is 31.2 Å². The van der Waals surface area contributed by atoms with E-state index in [9.17, 15) is 0 Å². The van der Waals surface area contributed by atoms with Gasteiger partial charge in [0.2, 0.25) is 17.1 Å². The second kappa shape index (κ2) is 7.05. The fourth-order valence-electron chi connectivity index (χ4n) is 3.59. The van der Waals surface area contributed by atoms with Crippen molar-refractivity contribution in [3.05, 3.63) is 58.5 Å². The summed E-state index contributed by atoms with van der Waals surface area (Å²) in [7, 11) is 0. The fourth-order valence-corrected chi connectivity index (χ4v) is 3.77. The summed E-state index contributed by atoms with van der Waals surface area (Å²) in [5.41, 5.74) is 2.55. The zero-order valence-electron chi connectivity index (χ0n) is 15.6. The average molecular weight is 397 g/mol. The van der Waals surface area contributed by atoms with Crippen molar-refractivity contribution in [1.82, 2.24) is 20.2 Å². The molecule has 1 saturated carbocycles. The molecule has 0 bridgehead atoms. The van der Waals surface area contributed by atoms with Gasteiger partial charge < -0.3 is 14.6 Å². The van der Waals surface area contributed by atoms with Gasteiger partial charge in [-0.2, -0.15) is 0 Å². The monoisotopic (exact) mass is 396 g/mol. The minimum absolute atomic E-state index is 0.0950. The van der Waals surface area contributed by atoms with Crippen LogP contribution in [0.2, 0.25) is 5.28 Å². The lowest BCUT2D eigenvalue weighted by Crippen LogP contribution is -2.35. The minimum Gasteiger partial charge on any atom is -0.423 e. The third kappa shape index (κ3) is 3.42. The van der Waals surface area contributed by atoms with Gasteiger partial charge in [0, 0.05) is 31.5 Å². The van der Waals surface area contributed by atoms with Crippen LogP contribution in [0.3, 0.4) is 0 Å². The Morgan fingerprint density at radius 3 is 2.75 bits per heavy atom. The Bertz CT molecular complexity index is 1000. The van der Waals surface area contributed by atoms with Crippen molar-refractivity contribution in [3.63, 3.8) is 0 Å². The van der Waals surface area contributed by atoms with Crippen LogP contribution in [0.25, 0.3) is 0 Å². The van der Waals surface area contributed by atoms with E-state index in [1.807, 2.05) is 13.0 Å². The molecule has 0 saturated heterocycles. The molecule has 1 atom stereocenters. The van der Waals surface area contributed by atoms with E-state index in [1.54, 1.807) is 0 Å². The third-order valence-corrected chi connectivity index (χ3v) is 5.40. The molecule has 2 aliphatic rings. The predicted octanol–water partition coefficient (Wildman–Crippen LogP) is 3.95. The van der Waals surface area contributed by atoms with E-state index in [-0.39, 0.29) is 11.3 Å². The molecular formula is C20H21ClN6O. The first-order valence-corrected chi connectivity index (χ1v) is 10.0. The smallest absolute Gasteiger partial charge is 0.239 e. The molecule has 7 nitrogen and oxygen atoms in total. The maximum Gasteiger partial charge on any atom is 0.239 e. The number of aryl methyl sites for hydroxylation is 1. The number of benzene rings is 1. The van der Waals surface area contributed by atoms with Gasteiger partial charge in [-0.3, -0.25) is 0 Å². The van der Waals surface area contributed by atoms with Crippen LogP contribution < -0.4 is 10.2 Å². The predicted molar refractivity (Wildman–Crippen MR) is 106 cm³/mol. The molecule has 3 heterocycles. The number of hydrogen-bond donors (Lipinski definition) is 1. The van der Waals surface area contributed by atoms with E-state index in [4.69, 9.17) is 16.0 Å². The minimum atomic E-state index is -0.0950. The van der Waals surface area contributed by atoms with Crippen LogP contribution in [0.15, 0.2) is 34.7 Å². The SMILES string of the molecule is CCc1nnc(C2Cc3ccccc3CN2c2cc(NC3CC3)nc(Cl)n2)o1. The summed E-state index contributed by atoms with van der Waals surface area (Å²) >= 11 is 6.25. The summed E-state index contributed by atoms with van der Waals surface area (Å²) in [6, 6.07) is 10.8. The second-order valence-electron chi connectivity index (χ2n) is 7.30. The number of halogens is 1. The number of aromatic nitrogens is 4. The summed E-state index contributed by atoms with van der Waals surface area (Å²) in [5, 5.41) is 12.1. The number of nitrogens with one attached hydrogen (secondary N) is 1. The lowest BCUT2D eigenvalue weighted by Gasteiger charge is -2.36. The average Bonchev–Trinajstić information content (AvgIpc) is 3.39. The van der Waals surface area contributed by atoms with E-state index in [2.05, 4.69) is 54.6 Å². The third-order valence-electron chi connectivity index (χ3n) is 5.23. The van der Waals surface area contributed by atoms with Gasteiger partial charge in [0.25, 0.3) is 0 Å². The molecule has 1 aromatic carbocycles. The van der Waals surface area contributed by atoms with Crippen molar-refractivity contribution in [2.45, 2.75) is 51.2 Å². The molecule has 3 aromatic rings. The number of rotatable bonds is 5. The second-order valence-corrected chi connectivity index (χ2v) is 7.64. The first kappa shape index (κ1) is 17.4. The highest BCUT2D eigenvalue weighted by atomic mass is 35.5. The first-order chi connectivity index (χ1) is 13.7. The normalized spacial score (nSPS) is 18.8. The number of hydrogen-bond acceptors (Lipinski definition) is 7. The zero-order valence-corrected chi connectivity index (χ0v) is 16.4. The fraction of sp³-hybridized carbons (Fsp3) is 0.400. The maximum atomic E-state index is 6.25. The van der Waals surface area contributed by atoms with Gasteiger partial charge in [0.1, 0.15) is 17.7 Å². The van der Waals surface area contributed by atoms with E-state index in [0.717, 1.165) is 18.1 Å². The van der Waals surface area contributed by atoms with E-state index >= 15 is 0 Å². The molecule has 8 heteroatoms. The van der Waals surface area contributed by atoms with Gasteiger partial charge in [-0.25, -0.2) is 9.97 Å². The lowest BCUT2D eigenvalue weighted by atomic mass is 9.94. The maximum absolute atomic E-state index is 6.25. The Labute approximate surface area is 168 Å². The van der Waals surface area contributed by atoms with Gasteiger partial charge >= 0.3 is 0 Å². The highest BCUT2D eigenvalue weighted by Crippen LogP contribution is 2.37. The molecule has 1 aliphatic heterocycles. The van der Waals surface area contributed by atoms with Gasteiger partial charge in [-0.05, 0) is 35.6 Å². The Kier molecular flexibility index (Phi) is 4.39. The molecule has 28 heavy (non-hydrogen) atoms. The molecule has 1 unspecified atom stereocenters. The zero-order chi connectivity index (χ0) is 19.1. The number of fused-ring (bicyclic) bond motifs is 1. The van der Waals surface area contributed by atoms with Crippen LogP contribution in [0, 0.1) is 0 Å². The summed E-state index contributed by atoms with van der Waals surface area (Å²) in [4.78, 5) is 11.0. The first-order valence-electron chi connectivity index (χ1n) is 9.66. The molecule has 1 fully saturated rings. The van der Waals surface area contributed by atoms with Gasteiger partial charge in [0.15, 0.2) is 0 Å². The highest BCUT2D eigenvalue weighted by Gasteiger charge is 2.33. The van der Waals surface area contributed by atoms with Crippen molar-refractivity contribution in [2.75, 3.05) is 10.2 Å². The van der Waals surface area contributed by atoms with Crippen LogP contribution in [-0.2, 0) is 19.4 Å². The van der Waals surface area contributed by atoms with Crippen molar-refractivity contribution in [3.8, 4) is 0 Å². The van der Waals surface area contributed by atoms with Crippen molar-refractivity contribution in [2.24, 2.45) is 0 Å². The molecule has 0 amide bonds. The Hall–Kier alpha value is -2.67. The van der Waals surface area contributed by atoms with Crippen molar-refractivity contribution < 1.29 is 4.42 Å². The molecular weight excluding hydrogens is 376 g/mol. The molecule has 0 radical (unpaired) electrons. The van der Waals surface area contributed by atoms with E-state index in [0.29, 0.717) is 30.8 Å². The van der Waals surface area contributed by atoms with Crippen LogP contribution in [0.5, 0.6) is 0 Å². The standard InChI is InChI=1S/C20H21ClN6O/c1-2-18-25-26-19(28-18)15-9-12-5-3-4-6-13(12)11-27(15)17-10-16(22-14-7-8-14)23-20(21)24-17/h3-6,10,14-15H,2,7-9,11H2,1H3,(H,22,23,24). The van der Waals surface area contributed by atoms with Crippen LogP contribution in [-0.4, -0.2) is 26.2 Å². The summed E-state index contributed by atoms with van der Waals surface area (Å²) in [5.74, 6) is 2.78. The molecule has 0 spiro atoms. The van der Waals surface area contributed by atoms with Gasteiger partial charge in [0.05, 0.1) is 0 Å². The van der Waals surface area contributed by atoms with Crippen LogP contribution in [0.1, 0.15) is 48.7 Å². The largest absolute Gasteiger partial charge is 0.423 e. The summed E-state index contributed by atoms with van der Waals surface area (Å²) in [6.07, 6.45) is 3.82. The Morgan fingerprint density at radius 2 is 2.00 bits per heavy atom. The molecule has 144 valence electrons. The number of nitrogens with zero attached hydrogens (tertiary/aromatic N) is 5. The van der Waals surface area contributed by atoms with Crippen molar-refractivity contribution in [1.29, 1.82) is 0 Å². The van der Waals surface area contributed by atoms with E-state index < -0.39 is 0 Å². The summed E-state index contributed by atoms with van der Waals surface area (Å²) < 4.78 is 5.92. The van der Waals surface area contributed by atoms with Crippen molar-refractivity contribution >= 4 is 23.2 Å². The number of anilines is 2. The quantitative estimate of drug-likeness (QED) is 0.654. The highest BCUT2D eigenvalue weighted by molar-refractivity contribution is 6.28. The topological polar surface area (TPSA) is 80.0 Å². The van der Waals surface area contributed by atoms with E-state index in [1.165, 1.54) is 24.0 Å². The lowest BCUT2D eigenvalue weighted by molar-refractivity contribution is 0.396. The molecule has 5 rings (SSSR count). The van der Waals surface area contributed by atoms with Crippen LogP contribution >= 0.6 is 11.6 Å². The molecule has 2 aromatic heterocycles. The summed E-state index contributed by atoms with van der Waals surface area (Å²) in [6.45, 7) is 2.70. The molecule has 1 N–H and O–H groups in total. The van der Waals surface area contributed by atoms with Gasteiger partial charge in [-0.15, -0.1) is 10.2 Å². The Balaban J connectivity index is 1.55. The Morgan fingerprint density at radius 1 is 1.18 bits per heavy atom. The molecule has 1 aliphatic carbocycles. The van der Waals surface area contributed by atoms with Crippen LogP contribution in [0.4, 0.5) is 11.6 Å².